The van der Waals surface area contributed by atoms with Crippen LogP contribution in [0.15, 0.2) is 0 Å². The van der Waals surface area contributed by atoms with Gasteiger partial charge in [0.25, 0.3) is 0 Å². The quantitative estimate of drug-likeness (QED) is 0.625. The molecule has 0 rings (SSSR count). The summed E-state index contributed by atoms with van der Waals surface area (Å²) in [5, 5.41) is 0. The van der Waals surface area contributed by atoms with Gasteiger partial charge in [-0.25, -0.2) is 8.42 Å². The molecule has 0 saturated carbocycles. The van der Waals surface area contributed by atoms with Crippen LogP contribution in [-0.4, -0.2) is 51.2 Å². The van der Waals surface area contributed by atoms with Crippen molar-refractivity contribution in [3.8, 4) is 0 Å². The van der Waals surface area contributed by atoms with Crippen molar-refractivity contribution in [3.05, 3.63) is 0 Å². The Balaban J connectivity index is 3.54. The van der Waals surface area contributed by atoms with E-state index in [2.05, 4.69) is 12.6 Å². The molecule has 3 nitrogen and oxygen atoms in total. The highest BCUT2D eigenvalue weighted by atomic mass is 32.2. The van der Waals surface area contributed by atoms with Gasteiger partial charge in [-0.3, -0.25) is 0 Å². The normalized spacial score (nSPS) is 12.4. The van der Waals surface area contributed by atoms with Gasteiger partial charge in [-0.1, -0.05) is 0 Å². The SMILES string of the molecule is CN(CCS)CCS(C)(=O)=O. The Labute approximate surface area is 74.1 Å². The molecule has 5 heteroatoms. The van der Waals surface area contributed by atoms with Gasteiger partial charge in [0.15, 0.2) is 0 Å². The van der Waals surface area contributed by atoms with Gasteiger partial charge >= 0.3 is 0 Å². The van der Waals surface area contributed by atoms with Crippen LogP contribution in [-0.2, 0) is 9.84 Å². The number of nitrogens with zero attached hydrogens (tertiary/aromatic N) is 1. The maximum absolute atomic E-state index is 10.7. The monoisotopic (exact) mass is 197 g/mol. The van der Waals surface area contributed by atoms with E-state index in [4.69, 9.17) is 0 Å². The highest BCUT2D eigenvalue weighted by Crippen LogP contribution is 1.88. The highest BCUT2D eigenvalue weighted by Gasteiger charge is 2.03. The maximum atomic E-state index is 10.7. The summed E-state index contributed by atoms with van der Waals surface area (Å²) in [5.41, 5.74) is 0. The fourth-order valence-corrected chi connectivity index (χ4v) is 1.59. The molecule has 0 aromatic rings. The lowest BCUT2D eigenvalue weighted by atomic mass is 10.6. The number of hydrogen-bond donors (Lipinski definition) is 1. The molecule has 0 atom stereocenters. The fourth-order valence-electron chi connectivity index (χ4n) is 0.604. The van der Waals surface area contributed by atoms with Gasteiger partial charge in [0, 0.05) is 25.1 Å². The number of sulfone groups is 1. The van der Waals surface area contributed by atoms with E-state index in [0.29, 0.717) is 6.54 Å². The van der Waals surface area contributed by atoms with Gasteiger partial charge < -0.3 is 4.90 Å². The zero-order chi connectivity index (χ0) is 8.91. The van der Waals surface area contributed by atoms with E-state index in [0.717, 1.165) is 12.3 Å². The summed E-state index contributed by atoms with van der Waals surface area (Å²) in [4.78, 5) is 1.95. The largest absolute Gasteiger partial charge is 0.305 e. The summed E-state index contributed by atoms with van der Waals surface area (Å²) in [6.07, 6.45) is 1.25. The Bertz CT molecular complexity index is 189. The third-order valence-electron chi connectivity index (χ3n) is 1.33. The lowest BCUT2D eigenvalue weighted by Gasteiger charge is -2.13. The molecule has 0 aliphatic rings. The Hall–Kier alpha value is 0.260. The van der Waals surface area contributed by atoms with Crippen molar-refractivity contribution in [1.29, 1.82) is 0 Å². The van der Waals surface area contributed by atoms with Crippen LogP contribution in [0.3, 0.4) is 0 Å². The van der Waals surface area contributed by atoms with Crippen molar-refractivity contribution < 1.29 is 8.42 Å². The molecule has 68 valence electrons. The summed E-state index contributed by atoms with van der Waals surface area (Å²) >= 11 is 4.03. The summed E-state index contributed by atoms with van der Waals surface area (Å²) in [6.45, 7) is 1.43. The molecule has 0 aromatic heterocycles. The van der Waals surface area contributed by atoms with Gasteiger partial charge in [0.2, 0.25) is 0 Å². The minimum Gasteiger partial charge on any atom is -0.305 e. The Morgan fingerprint density at radius 3 is 2.27 bits per heavy atom. The zero-order valence-corrected chi connectivity index (χ0v) is 8.66. The second kappa shape index (κ2) is 5.00. The molecule has 0 heterocycles. The van der Waals surface area contributed by atoms with Crippen LogP contribution in [0.4, 0.5) is 0 Å². The van der Waals surface area contributed by atoms with E-state index >= 15 is 0 Å². The van der Waals surface area contributed by atoms with Crippen molar-refractivity contribution >= 4 is 22.5 Å². The van der Waals surface area contributed by atoms with E-state index < -0.39 is 9.84 Å². The molecule has 0 fully saturated rings. The molecule has 0 aromatic carbocycles. The molecule has 11 heavy (non-hydrogen) atoms. The van der Waals surface area contributed by atoms with E-state index in [1.165, 1.54) is 6.26 Å². The summed E-state index contributed by atoms with van der Waals surface area (Å²) in [6, 6.07) is 0. The van der Waals surface area contributed by atoms with Gasteiger partial charge in [-0.05, 0) is 7.05 Å². The molecular weight excluding hydrogens is 182 g/mol. The Morgan fingerprint density at radius 1 is 1.36 bits per heavy atom. The second-order valence-electron chi connectivity index (χ2n) is 2.66. The number of hydrogen-bond acceptors (Lipinski definition) is 4. The van der Waals surface area contributed by atoms with E-state index in [9.17, 15) is 8.42 Å². The van der Waals surface area contributed by atoms with Gasteiger partial charge in [0.1, 0.15) is 9.84 Å². The molecule has 0 bridgehead atoms. The topological polar surface area (TPSA) is 37.4 Å². The van der Waals surface area contributed by atoms with Crippen molar-refractivity contribution in [2.45, 2.75) is 0 Å². The second-order valence-corrected chi connectivity index (χ2v) is 5.36. The first-order valence-electron chi connectivity index (χ1n) is 3.43. The fraction of sp³-hybridized carbons (Fsp3) is 1.00. The molecule has 0 aliphatic heterocycles. The molecule has 0 spiro atoms. The lowest BCUT2D eigenvalue weighted by molar-refractivity contribution is 0.377. The van der Waals surface area contributed by atoms with Crippen LogP contribution < -0.4 is 0 Å². The predicted octanol–water partition coefficient (Wildman–Crippen LogP) is -0.107. The Kier molecular flexibility index (Phi) is 5.12. The third-order valence-corrected chi connectivity index (χ3v) is 2.45. The average molecular weight is 197 g/mol. The van der Waals surface area contributed by atoms with E-state index in [-0.39, 0.29) is 5.75 Å². The van der Waals surface area contributed by atoms with Crippen LogP contribution in [0.2, 0.25) is 0 Å². The van der Waals surface area contributed by atoms with Crippen molar-refractivity contribution in [3.63, 3.8) is 0 Å². The molecule has 0 N–H and O–H groups in total. The predicted molar refractivity (Wildman–Crippen MR) is 51.1 cm³/mol. The smallest absolute Gasteiger partial charge is 0.148 e. The minimum atomic E-state index is -2.80. The van der Waals surface area contributed by atoms with E-state index in [1.54, 1.807) is 0 Å². The van der Waals surface area contributed by atoms with Crippen LogP contribution in [0.1, 0.15) is 0 Å². The van der Waals surface area contributed by atoms with Crippen LogP contribution >= 0.6 is 12.6 Å². The number of thiol groups is 1. The summed E-state index contributed by atoms with van der Waals surface area (Å²) in [7, 11) is -0.914. The van der Waals surface area contributed by atoms with Crippen molar-refractivity contribution in [2.24, 2.45) is 0 Å². The Morgan fingerprint density at radius 2 is 1.91 bits per heavy atom. The lowest BCUT2D eigenvalue weighted by Crippen LogP contribution is -2.26. The minimum absolute atomic E-state index is 0.233. The summed E-state index contributed by atoms with van der Waals surface area (Å²) < 4.78 is 21.4. The third kappa shape index (κ3) is 8.16. The first-order valence-corrected chi connectivity index (χ1v) is 6.12. The molecule has 0 saturated heterocycles. The molecule has 0 radical (unpaired) electrons. The van der Waals surface area contributed by atoms with E-state index in [1.807, 2.05) is 11.9 Å². The van der Waals surface area contributed by atoms with Crippen LogP contribution in [0.25, 0.3) is 0 Å². The molecule has 0 amide bonds. The highest BCUT2D eigenvalue weighted by molar-refractivity contribution is 7.90. The molecular formula is C6H15NO2S2. The van der Waals surface area contributed by atoms with Crippen molar-refractivity contribution in [1.82, 2.24) is 4.90 Å². The van der Waals surface area contributed by atoms with Crippen molar-refractivity contribution in [2.75, 3.05) is 37.9 Å². The first kappa shape index (κ1) is 11.3. The van der Waals surface area contributed by atoms with Gasteiger partial charge in [0.05, 0.1) is 5.75 Å². The van der Waals surface area contributed by atoms with Crippen LogP contribution in [0, 0.1) is 0 Å². The van der Waals surface area contributed by atoms with Gasteiger partial charge in [-0.2, -0.15) is 12.6 Å². The number of rotatable bonds is 5. The summed E-state index contributed by atoms with van der Waals surface area (Å²) in [5.74, 6) is 0.998. The molecule has 0 aliphatic carbocycles. The zero-order valence-electron chi connectivity index (χ0n) is 6.95. The van der Waals surface area contributed by atoms with Crippen LogP contribution in [0.5, 0.6) is 0 Å². The maximum Gasteiger partial charge on any atom is 0.148 e. The standard InChI is InChI=1S/C6H15NO2S2/c1-7(3-5-10)4-6-11(2,8)9/h10H,3-6H2,1-2H3. The average Bonchev–Trinajstić information content (AvgIpc) is 1.83. The first-order chi connectivity index (χ1) is 4.95. The molecule has 0 unspecified atom stereocenters. The van der Waals surface area contributed by atoms with Gasteiger partial charge in [-0.15, -0.1) is 0 Å².